The molecule has 9 heteroatoms. The van der Waals surface area contributed by atoms with Crippen LogP contribution in [0.25, 0.3) is 6.08 Å². The van der Waals surface area contributed by atoms with Gasteiger partial charge in [-0.3, -0.25) is 0 Å². The summed E-state index contributed by atoms with van der Waals surface area (Å²) in [5.41, 5.74) is -0.373. The van der Waals surface area contributed by atoms with E-state index < -0.39 is 25.6 Å². The summed E-state index contributed by atoms with van der Waals surface area (Å²) in [7, 11) is -7.14. The Balaban J connectivity index is 2.75. The topological polar surface area (TPSA) is 92.3 Å². The average molecular weight is 367 g/mol. The van der Waals surface area contributed by atoms with Gasteiger partial charge in [0.15, 0.2) is 0 Å². The van der Waals surface area contributed by atoms with Crippen LogP contribution in [0.5, 0.6) is 0 Å². The molecular formula is C13H19ClN2O4S2. The molecule has 0 heterocycles. The smallest absolute Gasteiger partial charge is 0.213 e. The molecule has 1 rings (SSSR count). The highest BCUT2D eigenvalue weighted by atomic mass is 35.5. The second kappa shape index (κ2) is 7.10. The Morgan fingerprint density at radius 1 is 1.18 bits per heavy atom. The van der Waals surface area contributed by atoms with Crippen molar-refractivity contribution in [2.75, 3.05) is 12.8 Å². The zero-order valence-electron chi connectivity index (χ0n) is 12.5. The van der Waals surface area contributed by atoms with Gasteiger partial charge in [0, 0.05) is 22.5 Å². The van der Waals surface area contributed by atoms with Gasteiger partial charge in [-0.1, -0.05) is 29.8 Å². The van der Waals surface area contributed by atoms with E-state index in [4.69, 9.17) is 11.6 Å². The van der Waals surface area contributed by atoms with E-state index in [2.05, 4.69) is 9.44 Å². The molecule has 0 amide bonds. The van der Waals surface area contributed by atoms with Gasteiger partial charge in [-0.25, -0.2) is 26.3 Å². The van der Waals surface area contributed by atoms with Gasteiger partial charge < -0.3 is 0 Å². The zero-order chi connectivity index (χ0) is 17.0. The van der Waals surface area contributed by atoms with E-state index in [-0.39, 0.29) is 6.54 Å². The average Bonchev–Trinajstić information content (AvgIpc) is 2.33. The highest BCUT2D eigenvalue weighted by Gasteiger charge is 2.23. The number of halogens is 1. The zero-order valence-corrected chi connectivity index (χ0v) is 14.9. The molecule has 0 saturated carbocycles. The van der Waals surface area contributed by atoms with Gasteiger partial charge in [-0.15, -0.1) is 0 Å². The maximum atomic E-state index is 11.9. The fourth-order valence-corrected chi connectivity index (χ4v) is 3.90. The van der Waals surface area contributed by atoms with Gasteiger partial charge >= 0.3 is 0 Å². The van der Waals surface area contributed by atoms with Crippen molar-refractivity contribution in [2.24, 2.45) is 0 Å². The lowest BCUT2D eigenvalue weighted by Gasteiger charge is -2.24. The van der Waals surface area contributed by atoms with E-state index in [1.54, 1.807) is 38.1 Å². The minimum absolute atomic E-state index is 0.0880. The normalized spacial score (nSPS) is 13.6. The Morgan fingerprint density at radius 3 is 2.32 bits per heavy atom. The van der Waals surface area contributed by atoms with Crippen LogP contribution in [-0.2, 0) is 20.0 Å². The lowest BCUT2D eigenvalue weighted by molar-refractivity contribution is 0.447. The molecule has 0 aliphatic rings. The van der Waals surface area contributed by atoms with Gasteiger partial charge in [0.25, 0.3) is 0 Å². The molecule has 0 aliphatic heterocycles. The molecule has 1 aromatic rings. The van der Waals surface area contributed by atoms with Crippen LogP contribution in [0, 0.1) is 0 Å². The first kappa shape index (κ1) is 19.1. The quantitative estimate of drug-likeness (QED) is 0.765. The fourth-order valence-electron chi connectivity index (χ4n) is 1.64. The van der Waals surface area contributed by atoms with Gasteiger partial charge in [0.2, 0.25) is 20.0 Å². The number of sulfonamides is 2. The molecule has 124 valence electrons. The fraction of sp³-hybridized carbons (Fsp3) is 0.385. The van der Waals surface area contributed by atoms with E-state index in [1.807, 2.05) is 0 Å². The van der Waals surface area contributed by atoms with Crippen LogP contribution in [0.2, 0.25) is 5.02 Å². The van der Waals surface area contributed by atoms with Crippen molar-refractivity contribution in [1.29, 1.82) is 0 Å². The van der Waals surface area contributed by atoms with Gasteiger partial charge in [-0.2, -0.15) is 0 Å². The SMILES string of the molecule is CC(C)(CNS(=O)(=O)/C=C/c1ccccc1Cl)NS(C)(=O)=O. The van der Waals surface area contributed by atoms with Crippen molar-refractivity contribution in [3.05, 3.63) is 40.3 Å². The summed E-state index contributed by atoms with van der Waals surface area (Å²) in [5, 5.41) is 1.43. The first-order chi connectivity index (χ1) is 9.90. The highest BCUT2D eigenvalue weighted by molar-refractivity contribution is 7.92. The molecule has 0 spiro atoms. The van der Waals surface area contributed by atoms with Crippen molar-refractivity contribution in [2.45, 2.75) is 19.4 Å². The predicted molar refractivity (Wildman–Crippen MR) is 89.5 cm³/mol. The monoisotopic (exact) mass is 366 g/mol. The molecule has 0 bridgehead atoms. The molecule has 6 nitrogen and oxygen atoms in total. The molecule has 0 aromatic heterocycles. The summed E-state index contributed by atoms with van der Waals surface area (Å²) in [6.07, 6.45) is 2.39. The van der Waals surface area contributed by atoms with Crippen LogP contribution in [0.3, 0.4) is 0 Å². The van der Waals surface area contributed by atoms with E-state index in [0.29, 0.717) is 10.6 Å². The first-order valence-electron chi connectivity index (χ1n) is 6.31. The summed E-state index contributed by atoms with van der Waals surface area (Å²) >= 11 is 5.93. The van der Waals surface area contributed by atoms with Gasteiger partial charge in [-0.05, 0) is 31.6 Å². The van der Waals surface area contributed by atoms with Crippen LogP contribution in [0.1, 0.15) is 19.4 Å². The van der Waals surface area contributed by atoms with Crippen molar-refractivity contribution >= 4 is 37.7 Å². The lowest BCUT2D eigenvalue weighted by atomic mass is 10.1. The molecule has 0 radical (unpaired) electrons. The second-order valence-electron chi connectivity index (χ2n) is 5.45. The molecular weight excluding hydrogens is 348 g/mol. The molecule has 0 saturated heterocycles. The molecule has 0 aliphatic carbocycles. The van der Waals surface area contributed by atoms with Crippen LogP contribution in [0.4, 0.5) is 0 Å². The molecule has 22 heavy (non-hydrogen) atoms. The lowest BCUT2D eigenvalue weighted by Crippen LogP contribution is -2.50. The Hall–Kier alpha value is -0.930. The Bertz CT molecular complexity index is 756. The summed E-state index contributed by atoms with van der Waals surface area (Å²) < 4.78 is 50.9. The molecule has 0 atom stereocenters. The van der Waals surface area contributed by atoms with Crippen LogP contribution >= 0.6 is 11.6 Å². The maximum Gasteiger partial charge on any atom is 0.233 e. The molecule has 0 unspecified atom stereocenters. The molecule has 1 aromatic carbocycles. The predicted octanol–water partition coefficient (Wildman–Crippen LogP) is 1.56. The minimum atomic E-state index is -3.71. The largest absolute Gasteiger partial charge is 0.233 e. The molecule has 0 fully saturated rings. The third kappa shape index (κ3) is 7.37. The molecule has 2 N–H and O–H groups in total. The summed E-state index contributed by atoms with van der Waals surface area (Å²) in [6, 6.07) is 6.82. The summed E-state index contributed by atoms with van der Waals surface area (Å²) in [5.74, 6) is 0. The van der Waals surface area contributed by atoms with Crippen LogP contribution in [-0.4, -0.2) is 35.2 Å². The minimum Gasteiger partial charge on any atom is -0.213 e. The summed E-state index contributed by atoms with van der Waals surface area (Å²) in [4.78, 5) is 0. The van der Waals surface area contributed by atoms with E-state index >= 15 is 0 Å². The van der Waals surface area contributed by atoms with Crippen molar-refractivity contribution in [3.63, 3.8) is 0 Å². The number of hydrogen-bond donors (Lipinski definition) is 2. The van der Waals surface area contributed by atoms with Crippen molar-refractivity contribution in [1.82, 2.24) is 9.44 Å². The van der Waals surface area contributed by atoms with Crippen molar-refractivity contribution in [3.8, 4) is 0 Å². The Morgan fingerprint density at radius 2 is 1.77 bits per heavy atom. The third-order valence-corrected chi connectivity index (χ3v) is 4.82. The Kier molecular flexibility index (Phi) is 6.17. The van der Waals surface area contributed by atoms with Crippen LogP contribution in [0.15, 0.2) is 29.7 Å². The second-order valence-corrected chi connectivity index (χ2v) is 9.26. The summed E-state index contributed by atoms with van der Waals surface area (Å²) in [6.45, 7) is 3.07. The van der Waals surface area contributed by atoms with Crippen LogP contribution < -0.4 is 9.44 Å². The standard InChI is InChI=1S/C13H19ClN2O4S2/c1-13(2,16-21(3,17)18)10-15-22(19,20)9-8-11-6-4-5-7-12(11)14/h4-9,15-16H,10H2,1-3H3/b9-8+. The van der Waals surface area contributed by atoms with Crippen molar-refractivity contribution < 1.29 is 16.8 Å². The number of hydrogen-bond acceptors (Lipinski definition) is 4. The third-order valence-electron chi connectivity index (χ3n) is 2.51. The number of benzene rings is 1. The highest BCUT2D eigenvalue weighted by Crippen LogP contribution is 2.16. The van der Waals surface area contributed by atoms with E-state index in [0.717, 1.165) is 11.7 Å². The Labute approximate surface area is 136 Å². The maximum absolute atomic E-state index is 11.9. The number of rotatable bonds is 7. The first-order valence-corrected chi connectivity index (χ1v) is 10.1. The van der Waals surface area contributed by atoms with E-state index in [9.17, 15) is 16.8 Å². The van der Waals surface area contributed by atoms with Gasteiger partial charge in [0.1, 0.15) is 0 Å². The van der Waals surface area contributed by atoms with E-state index in [1.165, 1.54) is 6.08 Å². The number of nitrogens with one attached hydrogen (secondary N) is 2. The van der Waals surface area contributed by atoms with Gasteiger partial charge in [0.05, 0.1) is 6.26 Å².